The molecular weight excluding hydrogens is 390 g/mol. The molecule has 0 saturated carbocycles. The van der Waals surface area contributed by atoms with Gasteiger partial charge in [-0.05, 0) is 35.6 Å². The van der Waals surface area contributed by atoms with E-state index in [4.69, 9.17) is 11.6 Å². The van der Waals surface area contributed by atoms with Crippen LogP contribution in [0.25, 0.3) is 11.2 Å². The molecule has 0 fully saturated rings. The Labute approximate surface area is 173 Å². The number of halogens is 1. The maximum absolute atomic E-state index is 13.0. The highest BCUT2D eigenvalue weighted by Gasteiger charge is 2.19. The normalized spacial score (nSPS) is 14.0. The van der Waals surface area contributed by atoms with Gasteiger partial charge in [0.05, 0.1) is 0 Å². The summed E-state index contributed by atoms with van der Waals surface area (Å²) < 4.78 is 2.91. The van der Waals surface area contributed by atoms with E-state index in [1.807, 2.05) is 0 Å². The average molecular weight is 416 g/mol. The summed E-state index contributed by atoms with van der Waals surface area (Å²) in [4.78, 5) is 35.2. The maximum atomic E-state index is 13.0. The lowest BCUT2D eigenvalue weighted by Gasteiger charge is -2.15. The Morgan fingerprint density at radius 1 is 1.00 bits per heavy atom. The Bertz CT molecular complexity index is 1110. The largest absolute Gasteiger partial charge is 0.332 e. The van der Waals surface area contributed by atoms with E-state index in [1.165, 1.54) is 15.7 Å². The average Bonchev–Trinajstić information content (AvgIpc) is 3.30. The predicted molar refractivity (Wildman–Crippen MR) is 114 cm³/mol. The molecule has 0 amide bonds. The minimum absolute atomic E-state index is 0.133. The molecule has 0 saturated heterocycles. The second kappa shape index (κ2) is 8.55. The van der Waals surface area contributed by atoms with Crippen LogP contribution in [0.15, 0.2) is 33.9 Å². The Morgan fingerprint density at radius 2 is 1.69 bits per heavy atom. The monoisotopic (exact) mass is 415 g/mol. The zero-order chi connectivity index (χ0) is 20.4. The molecule has 29 heavy (non-hydrogen) atoms. The third kappa shape index (κ3) is 4.02. The number of hydrogen-bond donors (Lipinski definition) is 1. The predicted octanol–water partition coefficient (Wildman–Crippen LogP) is 3.14. The maximum Gasteiger partial charge on any atom is 0.332 e. The zero-order valence-corrected chi connectivity index (χ0v) is 17.4. The van der Waals surface area contributed by atoms with Gasteiger partial charge in [-0.3, -0.25) is 18.8 Å². The number of nitrogens with one attached hydrogen (secondary N) is 1. The van der Waals surface area contributed by atoms with Gasteiger partial charge in [-0.1, -0.05) is 44.0 Å². The van der Waals surface area contributed by atoms with Crippen molar-refractivity contribution < 1.29 is 0 Å². The van der Waals surface area contributed by atoms with Crippen molar-refractivity contribution in [2.24, 2.45) is 0 Å². The van der Waals surface area contributed by atoms with Gasteiger partial charge in [0.25, 0.3) is 5.56 Å². The highest BCUT2D eigenvalue weighted by molar-refractivity contribution is 6.28. The molecule has 4 rings (SSSR count). The number of H-pyrrole nitrogens is 1. The van der Waals surface area contributed by atoms with Crippen molar-refractivity contribution in [2.75, 3.05) is 6.54 Å². The minimum Gasteiger partial charge on any atom is -0.323 e. The van der Waals surface area contributed by atoms with Gasteiger partial charge in [-0.15, -0.1) is 0 Å². The van der Waals surface area contributed by atoms with E-state index in [-0.39, 0.29) is 16.5 Å². The van der Waals surface area contributed by atoms with Gasteiger partial charge in [-0.25, -0.2) is 4.79 Å². The van der Waals surface area contributed by atoms with E-state index in [2.05, 4.69) is 46.1 Å². The lowest BCUT2D eigenvalue weighted by Crippen LogP contribution is -2.40. The van der Waals surface area contributed by atoms with E-state index in [0.717, 1.165) is 45.3 Å². The number of fused-ring (bicyclic) bond motifs is 2. The third-order valence-corrected chi connectivity index (χ3v) is 5.76. The molecule has 1 N–H and O–H groups in total. The molecule has 3 heterocycles. The van der Waals surface area contributed by atoms with E-state index in [1.54, 1.807) is 4.57 Å². The van der Waals surface area contributed by atoms with Crippen LogP contribution in [0.5, 0.6) is 0 Å². The van der Waals surface area contributed by atoms with Gasteiger partial charge >= 0.3 is 5.69 Å². The number of aryl methyl sites for hydroxylation is 1. The lowest BCUT2D eigenvalue weighted by atomic mass is 10.1. The molecule has 0 atom stereocenters. The van der Waals surface area contributed by atoms with Crippen LogP contribution < -0.4 is 11.2 Å². The molecule has 7 nitrogen and oxygen atoms in total. The zero-order valence-electron chi connectivity index (χ0n) is 16.7. The first-order valence-electron chi connectivity index (χ1n) is 10.3. The van der Waals surface area contributed by atoms with E-state index >= 15 is 0 Å². The molecule has 0 spiro atoms. The van der Waals surface area contributed by atoms with Gasteiger partial charge in [0.15, 0.2) is 11.2 Å². The fourth-order valence-electron chi connectivity index (χ4n) is 4.07. The number of imidazole rings is 1. The Morgan fingerprint density at radius 3 is 2.38 bits per heavy atom. The highest BCUT2D eigenvalue weighted by atomic mass is 35.5. The lowest BCUT2D eigenvalue weighted by molar-refractivity contribution is 0.272. The molecule has 8 heteroatoms. The Kier molecular flexibility index (Phi) is 5.87. The smallest absolute Gasteiger partial charge is 0.323 e. The number of hydrogen-bond acceptors (Lipinski definition) is 4. The molecular formula is C21H26ClN5O2. The number of nitrogens with zero attached hydrogens (tertiary/aromatic N) is 4. The van der Waals surface area contributed by atoms with Gasteiger partial charge < -0.3 is 4.98 Å². The summed E-state index contributed by atoms with van der Waals surface area (Å²) in [6.07, 6.45) is 3.66. The van der Waals surface area contributed by atoms with Crippen LogP contribution in [0.4, 0.5) is 0 Å². The van der Waals surface area contributed by atoms with Crippen LogP contribution in [0.2, 0.25) is 5.28 Å². The van der Waals surface area contributed by atoms with Crippen molar-refractivity contribution >= 4 is 22.8 Å². The quantitative estimate of drug-likeness (QED) is 0.453. The van der Waals surface area contributed by atoms with Gasteiger partial charge in [0.1, 0.15) is 0 Å². The molecule has 154 valence electrons. The van der Waals surface area contributed by atoms with Gasteiger partial charge in [0.2, 0.25) is 5.28 Å². The van der Waals surface area contributed by atoms with Crippen LogP contribution in [0.1, 0.15) is 43.7 Å². The van der Waals surface area contributed by atoms with Gasteiger partial charge in [0, 0.05) is 32.7 Å². The first kappa shape index (κ1) is 19.9. The van der Waals surface area contributed by atoms with Gasteiger partial charge in [-0.2, -0.15) is 4.98 Å². The number of unbranched alkanes of at least 4 members (excludes halogenated alkanes) is 2. The molecule has 0 bridgehead atoms. The topological polar surface area (TPSA) is 75.9 Å². The molecule has 1 aliphatic heterocycles. The summed E-state index contributed by atoms with van der Waals surface area (Å²) in [6, 6.07) is 8.44. The molecule has 1 aromatic carbocycles. The molecule has 0 unspecified atom stereocenters. The van der Waals surface area contributed by atoms with Crippen LogP contribution in [0, 0.1) is 0 Å². The Balaban J connectivity index is 1.52. The van der Waals surface area contributed by atoms with E-state index in [9.17, 15) is 9.59 Å². The molecule has 3 aromatic rings. The SMILES string of the molecule is CCCCCn1c(=O)n(CCCN2Cc3ccccc3C2)c(=O)c2[nH]c(Cl)nc21. The molecule has 0 aliphatic carbocycles. The van der Waals surface area contributed by atoms with Crippen molar-refractivity contribution in [1.29, 1.82) is 0 Å². The second-order valence-corrected chi connectivity index (χ2v) is 8.02. The number of rotatable bonds is 8. The summed E-state index contributed by atoms with van der Waals surface area (Å²) >= 11 is 5.99. The van der Waals surface area contributed by atoms with Crippen molar-refractivity contribution in [3.05, 3.63) is 61.5 Å². The number of aromatic nitrogens is 4. The second-order valence-electron chi connectivity index (χ2n) is 7.66. The summed E-state index contributed by atoms with van der Waals surface area (Å²) in [6.45, 7) is 5.69. The Hall–Kier alpha value is -2.38. The van der Waals surface area contributed by atoms with Crippen LogP contribution in [-0.4, -0.2) is 30.5 Å². The van der Waals surface area contributed by atoms with Crippen LogP contribution in [0.3, 0.4) is 0 Å². The summed E-state index contributed by atoms with van der Waals surface area (Å²) in [5.41, 5.74) is 2.73. The van der Waals surface area contributed by atoms with Crippen LogP contribution >= 0.6 is 11.6 Å². The third-order valence-electron chi connectivity index (χ3n) is 5.58. The van der Waals surface area contributed by atoms with Crippen molar-refractivity contribution in [3.8, 4) is 0 Å². The van der Waals surface area contributed by atoms with E-state index < -0.39 is 0 Å². The van der Waals surface area contributed by atoms with Crippen molar-refractivity contribution in [2.45, 2.75) is 58.8 Å². The van der Waals surface area contributed by atoms with Crippen molar-refractivity contribution in [1.82, 2.24) is 24.0 Å². The summed E-state index contributed by atoms with van der Waals surface area (Å²) in [5.74, 6) is 0. The number of benzene rings is 1. The molecule has 0 radical (unpaired) electrons. The van der Waals surface area contributed by atoms with Crippen LogP contribution in [-0.2, 0) is 26.2 Å². The fraction of sp³-hybridized carbons (Fsp3) is 0.476. The fourth-order valence-corrected chi connectivity index (χ4v) is 4.25. The minimum atomic E-state index is -0.346. The van der Waals surface area contributed by atoms with E-state index in [0.29, 0.717) is 24.3 Å². The summed E-state index contributed by atoms with van der Waals surface area (Å²) in [7, 11) is 0. The molecule has 1 aliphatic rings. The molecule has 2 aromatic heterocycles. The van der Waals surface area contributed by atoms with Crippen molar-refractivity contribution in [3.63, 3.8) is 0 Å². The highest BCUT2D eigenvalue weighted by Crippen LogP contribution is 2.22. The first-order chi connectivity index (χ1) is 14.1. The summed E-state index contributed by atoms with van der Waals surface area (Å²) in [5, 5.41) is 0.133. The standard InChI is InChI=1S/C21H26ClN5O2/c1-2-3-6-11-26-18-17(23-20(22)24-18)19(28)27(21(26)29)12-7-10-25-13-15-8-4-5-9-16(15)14-25/h4-5,8-9H,2-3,6-7,10-14H2,1H3,(H,23,24). The first-order valence-corrected chi connectivity index (χ1v) is 10.6. The number of aromatic amines is 1.